The van der Waals surface area contributed by atoms with E-state index >= 15 is 0 Å². The zero-order valence-electron chi connectivity index (χ0n) is 9.38. The molecular weight excluding hydrogens is 351 g/mol. The number of ether oxygens (including phenoxy) is 1. The Labute approximate surface area is 117 Å². The Balaban J connectivity index is 2.39. The van der Waals surface area contributed by atoms with Gasteiger partial charge in [-0.15, -0.1) is 0 Å². The van der Waals surface area contributed by atoms with Gasteiger partial charge in [0.2, 0.25) is 0 Å². The van der Waals surface area contributed by atoms with E-state index in [4.69, 9.17) is 4.74 Å². The van der Waals surface area contributed by atoms with Gasteiger partial charge in [0, 0.05) is 10.9 Å². The van der Waals surface area contributed by atoms with Crippen molar-refractivity contribution in [1.82, 2.24) is 9.78 Å². The van der Waals surface area contributed by atoms with Gasteiger partial charge in [-0.25, -0.2) is 4.79 Å². The summed E-state index contributed by atoms with van der Waals surface area (Å²) in [6, 6.07) is 1.96. The zero-order chi connectivity index (χ0) is 12.4. The summed E-state index contributed by atoms with van der Waals surface area (Å²) >= 11 is 3.75. The van der Waals surface area contributed by atoms with E-state index in [1.807, 2.05) is 30.7 Å². The van der Waals surface area contributed by atoms with Crippen LogP contribution in [0.1, 0.15) is 13.8 Å². The summed E-state index contributed by atoms with van der Waals surface area (Å²) in [5.74, 6) is 0. The van der Waals surface area contributed by atoms with Crippen LogP contribution in [-0.4, -0.2) is 22.0 Å². The highest BCUT2D eigenvalue weighted by atomic mass is 127. The molecule has 0 aromatic carbocycles. The molecule has 0 N–H and O–H groups in total. The monoisotopic (exact) mass is 362 g/mol. The largest absolute Gasteiger partial charge is 0.445 e. The maximum atomic E-state index is 11.9. The smallest absolute Gasteiger partial charge is 0.435 e. The van der Waals surface area contributed by atoms with Gasteiger partial charge >= 0.3 is 6.09 Å². The second kappa shape index (κ2) is 5.18. The first-order valence-electron chi connectivity index (χ1n) is 5.06. The van der Waals surface area contributed by atoms with Crippen LogP contribution in [0.25, 0.3) is 11.3 Å². The molecular formula is C11H11IN2O2S. The number of halogens is 1. The maximum Gasteiger partial charge on any atom is 0.435 e. The fourth-order valence-corrected chi connectivity index (χ4v) is 2.68. The summed E-state index contributed by atoms with van der Waals surface area (Å²) in [5.41, 5.74) is 1.77. The standard InChI is InChI=1S/C11H11IN2O2S/c1-7(2)16-11(15)14-10(9(12)5-13-14)8-3-4-17-6-8/h3-7H,1-2H3. The molecule has 0 atom stereocenters. The Morgan fingerprint density at radius 1 is 1.59 bits per heavy atom. The van der Waals surface area contributed by atoms with E-state index in [0.717, 1.165) is 14.8 Å². The predicted octanol–water partition coefficient (Wildman–Crippen LogP) is 3.61. The molecule has 90 valence electrons. The highest BCUT2D eigenvalue weighted by Crippen LogP contribution is 2.27. The van der Waals surface area contributed by atoms with Gasteiger partial charge in [-0.2, -0.15) is 21.1 Å². The first-order valence-corrected chi connectivity index (χ1v) is 7.09. The van der Waals surface area contributed by atoms with Crippen molar-refractivity contribution in [2.45, 2.75) is 20.0 Å². The van der Waals surface area contributed by atoms with E-state index in [1.54, 1.807) is 17.5 Å². The minimum Gasteiger partial charge on any atom is -0.445 e. The lowest BCUT2D eigenvalue weighted by Crippen LogP contribution is -2.20. The molecule has 2 aromatic rings. The first kappa shape index (κ1) is 12.6. The van der Waals surface area contributed by atoms with E-state index in [2.05, 4.69) is 27.7 Å². The van der Waals surface area contributed by atoms with Crippen LogP contribution in [0.4, 0.5) is 4.79 Å². The quantitative estimate of drug-likeness (QED) is 0.767. The van der Waals surface area contributed by atoms with Crippen molar-refractivity contribution in [2.75, 3.05) is 0 Å². The molecule has 17 heavy (non-hydrogen) atoms. The van der Waals surface area contributed by atoms with Crippen LogP contribution >= 0.6 is 33.9 Å². The molecule has 0 aliphatic heterocycles. The summed E-state index contributed by atoms with van der Waals surface area (Å²) in [7, 11) is 0. The second-order valence-corrected chi connectivity index (χ2v) is 5.64. The van der Waals surface area contributed by atoms with Crippen LogP contribution in [-0.2, 0) is 4.74 Å². The maximum absolute atomic E-state index is 11.9. The Morgan fingerprint density at radius 2 is 2.35 bits per heavy atom. The highest BCUT2D eigenvalue weighted by Gasteiger charge is 2.18. The number of rotatable bonds is 2. The van der Waals surface area contributed by atoms with Gasteiger partial charge in [-0.3, -0.25) is 0 Å². The third-order valence-electron chi connectivity index (χ3n) is 2.03. The van der Waals surface area contributed by atoms with Crippen molar-refractivity contribution in [2.24, 2.45) is 0 Å². The van der Waals surface area contributed by atoms with Crippen LogP contribution in [0.2, 0.25) is 0 Å². The Kier molecular flexibility index (Phi) is 3.82. The van der Waals surface area contributed by atoms with Gasteiger partial charge < -0.3 is 4.74 Å². The molecule has 0 spiro atoms. The molecule has 0 radical (unpaired) electrons. The van der Waals surface area contributed by atoms with Crippen LogP contribution in [0, 0.1) is 3.57 Å². The summed E-state index contributed by atoms with van der Waals surface area (Å²) in [6.45, 7) is 3.63. The minimum absolute atomic E-state index is 0.153. The van der Waals surface area contributed by atoms with Crippen LogP contribution in [0.5, 0.6) is 0 Å². The van der Waals surface area contributed by atoms with Gasteiger partial charge in [-0.05, 0) is 47.9 Å². The van der Waals surface area contributed by atoms with E-state index in [0.29, 0.717) is 0 Å². The SMILES string of the molecule is CC(C)OC(=O)n1ncc(I)c1-c1ccsc1. The van der Waals surface area contributed by atoms with Crippen LogP contribution in [0.15, 0.2) is 23.0 Å². The number of thiophene rings is 1. The van der Waals surface area contributed by atoms with Gasteiger partial charge in [-0.1, -0.05) is 0 Å². The van der Waals surface area contributed by atoms with Crippen molar-refractivity contribution >= 4 is 40.0 Å². The van der Waals surface area contributed by atoms with E-state index < -0.39 is 6.09 Å². The van der Waals surface area contributed by atoms with E-state index in [1.165, 1.54) is 4.68 Å². The van der Waals surface area contributed by atoms with Crippen LogP contribution in [0.3, 0.4) is 0 Å². The second-order valence-electron chi connectivity index (χ2n) is 3.70. The molecule has 0 aliphatic carbocycles. The molecule has 0 aliphatic rings. The molecule has 0 saturated carbocycles. The van der Waals surface area contributed by atoms with Gasteiger partial charge in [0.25, 0.3) is 0 Å². The molecule has 0 fully saturated rings. The number of hydrogen-bond acceptors (Lipinski definition) is 4. The molecule has 0 saturated heterocycles. The third-order valence-corrected chi connectivity index (χ3v) is 3.50. The Hall–Kier alpha value is -0.890. The zero-order valence-corrected chi connectivity index (χ0v) is 12.4. The minimum atomic E-state index is -0.441. The number of hydrogen-bond donors (Lipinski definition) is 0. The first-order chi connectivity index (χ1) is 8.09. The summed E-state index contributed by atoms with van der Waals surface area (Å²) in [4.78, 5) is 11.9. The molecule has 2 aromatic heterocycles. The van der Waals surface area contributed by atoms with Crippen molar-refractivity contribution in [3.05, 3.63) is 26.6 Å². The topological polar surface area (TPSA) is 44.1 Å². The van der Waals surface area contributed by atoms with Gasteiger partial charge in [0.15, 0.2) is 0 Å². The lowest BCUT2D eigenvalue weighted by molar-refractivity contribution is 0.114. The predicted molar refractivity (Wildman–Crippen MR) is 75.3 cm³/mol. The lowest BCUT2D eigenvalue weighted by atomic mass is 10.2. The summed E-state index contributed by atoms with van der Waals surface area (Å²) < 4.78 is 7.39. The fraction of sp³-hybridized carbons (Fsp3) is 0.273. The van der Waals surface area contributed by atoms with E-state index in [-0.39, 0.29) is 6.10 Å². The van der Waals surface area contributed by atoms with Crippen molar-refractivity contribution < 1.29 is 9.53 Å². The molecule has 2 heterocycles. The molecule has 6 heteroatoms. The molecule has 2 rings (SSSR count). The van der Waals surface area contributed by atoms with Gasteiger partial charge in [0.05, 0.1) is 21.6 Å². The highest BCUT2D eigenvalue weighted by molar-refractivity contribution is 14.1. The number of aromatic nitrogens is 2. The third kappa shape index (κ3) is 2.68. The molecule has 0 amide bonds. The number of carbonyl (C=O) groups is 1. The van der Waals surface area contributed by atoms with Crippen molar-refractivity contribution in [3.8, 4) is 11.3 Å². The van der Waals surface area contributed by atoms with Crippen molar-refractivity contribution in [1.29, 1.82) is 0 Å². The molecule has 0 unspecified atom stereocenters. The van der Waals surface area contributed by atoms with Crippen molar-refractivity contribution in [3.63, 3.8) is 0 Å². The average molecular weight is 362 g/mol. The molecule has 4 nitrogen and oxygen atoms in total. The number of carbonyl (C=O) groups excluding carboxylic acids is 1. The number of nitrogens with zero attached hydrogens (tertiary/aromatic N) is 2. The van der Waals surface area contributed by atoms with Gasteiger partial charge in [0.1, 0.15) is 0 Å². The lowest BCUT2D eigenvalue weighted by Gasteiger charge is -2.09. The molecule has 0 bridgehead atoms. The Morgan fingerprint density at radius 3 is 2.94 bits per heavy atom. The Bertz CT molecular complexity index is 520. The average Bonchev–Trinajstić information content (AvgIpc) is 2.84. The summed E-state index contributed by atoms with van der Waals surface area (Å²) in [5, 5.41) is 8.02. The summed E-state index contributed by atoms with van der Waals surface area (Å²) in [6.07, 6.45) is 1.07. The normalized spacial score (nSPS) is 10.8. The fourth-order valence-electron chi connectivity index (χ4n) is 1.38. The van der Waals surface area contributed by atoms with Crippen LogP contribution < -0.4 is 0 Å². The van der Waals surface area contributed by atoms with E-state index in [9.17, 15) is 4.79 Å².